The van der Waals surface area contributed by atoms with Gasteiger partial charge in [-0.15, -0.1) is 0 Å². The third-order valence-corrected chi connectivity index (χ3v) is 2.49. The molecule has 0 saturated carbocycles. The largest absolute Gasteiger partial charge is 0.488 e. The maximum Gasteiger partial charge on any atom is 0.165 e. The van der Waals surface area contributed by atoms with Crippen LogP contribution in [0.3, 0.4) is 0 Å². The number of hydrogen-bond donors (Lipinski definition) is 1. The summed E-state index contributed by atoms with van der Waals surface area (Å²) < 4.78 is 24.3. The minimum Gasteiger partial charge on any atom is -0.488 e. The Morgan fingerprint density at radius 2 is 2.25 bits per heavy atom. The van der Waals surface area contributed by atoms with Crippen LogP contribution in [-0.4, -0.2) is 31.9 Å². The molecule has 2 atom stereocenters. The fourth-order valence-corrected chi connectivity index (χ4v) is 1.72. The topological polar surface area (TPSA) is 30.5 Å². The van der Waals surface area contributed by atoms with Gasteiger partial charge in [-0.25, -0.2) is 4.39 Å². The average molecular weight is 225 g/mol. The molecule has 16 heavy (non-hydrogen) atoms. The van der Waals surface area contributed by atoms with Crippen molar-refractivity contribution in [2.75, 3.05) is 19.7 Å². The maximum absolute atomic E-state index is 13.2. The number of benzene rings is 1. The quantitative estimate of drug-likeness (QED) is 0.847. The van der Waals surface area contributed by atoms with E-state index in [1.807, 2.05) is 6.92 Å². The Bertz CT molecular complexity index is 346. The highest BCUT2D eigenvalue weighted by molar-refractivity contribution is 5.23. The van der Waals surface area contributed by atoms with Gasteiger partial charge >= 0.3 is 0 Å². The molecule has 0 bridgehead atoms. The van der Waals surface area contributed by atoms with Crippen LogP contribution < -0.4 is 10.1 Å². The monoisotopic (exact) mass is 225 g/mol. The van der Waals surface area contributed by atoms with E-state index in [0.717, 1.165) is 13.1 Å². The molecule has 1 aromatic carbocycles. The smallest absolute Gasteiger partial charge is 0.165 e. The van der Waals surface area contributed by atoms with Crippen LogP contribution in [0.5, 0.6) is 5.75 Å². The normalized spacial score (nSPS) is 25.4. The molecular weight excluding hydrogens is 209 g/mol. The number of morpholine rings is 1. The highest BCUT2D eigenvalue weighted by atomic mass is 19.1. The minimum atomic E-state index is -0.334. The van der Waals surface area contributed by atoms with E-state index in [9.17, 15) is 4.39 Å². The highest BCUT2D eigenvalue weighted by Crippen LogP contribution is 2.16. The van der Waals surface area contributed by atoms with Crippen LogP contribution in [0, 0.1) is 5.82 Å². The molecule has 0 aromatic heterocycles. The molecule has 0 amide bonds. The molecule has 0 spiro atoms. The first-order valence-corrected chi connectivity index (χ1v) is 5.49. The van der Waals surface area contributed by atoms with Crippen LogP contribution in [0.25, 0.3) is 0 Å². The van der Waals surface area contributed by atoms with E-state index in [1.54, 1.807) is 18.2 Å². The van der Waals surface area contributed by atoms with Crippen LogP contribution in [-0.2, 0) is 4.74 Å². The van der Waals surface area contributed by atoms with Gasteiger partial charge in [0.1, 0.15) is 12.7 Å². The van der Waals surface area contributed by atoms with Gasteiger partial charge in [0.25, 0.3) is 0 Å². The summed E-state index contributed by atoms with van der Waals surface area (Å²) in [5, 5.41) is 3.24. The predicted octanol–water partition coefficient (Wildman–Crippen LogP) is 1.58. The second-order valence-electron chi connectivity index (χ2n) is 3.97. The van der Waals surface area contributed by atoms with Gasteiger partial charge in [0.15, 0.2) is 11.6 Å². The predicted molar refractivity (Wildman–Crippen MR) is 59.1 cm³/mol. The van der Waals surface area contributed by atoms with E-state index in [2.05, 4.69) is 5.32 Å². The van der Waals surface area contributed by atoms with Gasteiger partial charge in [-0.05, 0) is 19.1 Å². The Hall–Kier alpha value is -1.13. The zero-order valence-corrected chi connectivity index (χ0v) is 9.28. The zero-order valence-electron chi connectivity index (χ0n) is 9.28. The molecule has 0 aliphatic carbocycles. The molecule has 1 aliphatic heterocycles. The summed E-state index contributed by atoms with van der Waals surface area (Å²) in [6.07, 6.45) is 0.173. The highest BCUT2D eigenvalue weighted by Gasteiger charge is 2.19. The Labute approximate surface area is 94.6 Å². The maximum atomic E-state index is 13.2. The number of nitrogens with one attached hydrogen (secondary N) is 1. The van der Waals surface area contributed by atoms with Crippen molar-refractivity contribution in [1.82, 2.24) is 5.32 Å². The molecule has 0 radical (unpaired) electrons. The zero-order chi connectivity index (χ0) is 11.4. The number of rotatable bonds is 3. The Morgan fingerprint density at radius 3 is 3.00 bits per heavy atom. The lowest BCUT2D eigenvalue weighted by Crippen LogP contribution is -2.45. The van der Waals surface area contributed by atoms with E-state index < -0.39 is 0 Å². The summed E-state index contributed by atoms with van der Waals surface area (Å²) in [6, 6.07) is 6.40. The Kier molecular flexibility index (Phi) is 3.74. The van der Waals surface area contributed by atoms with Crippen molar-refractivity contribution >= 4 is 0 Å². The fourth-order valence-electron chi connectivity index (χ4n) is 1.72. The third-order valence-electron chi connectivity index (χ3n) is 2.49. The molecule has 1 saturated heterocycles. The van der Waals surface area contributed by atoms with E-state index in [1.165, 1.54) is 6.07 Å². The van der Waals surface area contributed by atoms with Crippen LogP contribution >= 0.6 is 0 Å². The standard InChI is InChI=1S/C12H16FNO2/c1-9-6-14-7-10(16-9)8-15-12-5-3-2-4-11(12)13/h2-5,9-10,14H,6-8H2,1H3/t9-,10-/m1/s1. The molecule has 0 unspecified atom stereocenters. The first-order chi connectivity index (χ1) is 7.75. The lowest BCUT2D eigenvalue weighted by Gasteiger charge is -2.28. The van der Waals surface area contributed by atoms with Gasteiger partial charge in [0.05, 0.1) is 6.10 Å². The van der Waals surface area contributed by atoms with Gasteiger partial charge in [0.2, 0.25) is 0 Å². The van der Waals surface area contributed by atoms with Crippen LogP contribution in [0.1, 0.15) is 6.92 Å². The molecule has 3 nitrogen and oxygen atoms in total. The van der Waals surface area contributed by atoms with E-state index in [0.29, 0.717) is 6.61 Å². The second kappa shape index (κ2) is 5.27. The van der Waals surface area contributed by atoms with E-state index in [4.69, 9.17) is 9.47 Å². The van der Waals surface area contributed by atoms with Crippen molar-refractivity contribution in [3.05, 3.63) is 30.1 Å². The molecule has 88 valence electrons. The summed E-state index contributed by atoms with van der Waals surface area (Å²) in [5.41, 5.74) is 0. The summed E-state index contributed by atoms with van der Waals surface area (Å²) >= 11 is 0. The van der Waals surface area contributed by atoms with Gasteiger partial charge < -0.3 is 14.8 Å². The van der Waals surface area contributed by atoms with Crippen molar-refractivity contribution < 1.29 is 13.9 Å². The summed E-state index contributed by atoms with van der Waals surface area (Å²) in [4.78, 5) is 0. The number of para-hydroxylation sites is 1. The molecular formula is C12H16FNO2. The SMILES string of the molecule is C[C@@H]1CNC[C@H](COc2ccccc2F)O1. The van der Waals surface area contributed by atoms with Crippen LogP contribution in [0.4, 0.5) is 4.39 Å². The summed E-state index contributed by atoms with van der Waals surface area (Å²) in [6.45, 7) is 3.98. The van der Waals surface area contributed by atoms with E-state index >= 15 is 0 Å². The van der Waals surface area contributed by atoms with Gasteiger partial charge in [0, 0.05) is 13.1 Å². The van der Waals surface area contributed by atoms with Crippen molar-refractivity contribution in [1.29, 1.82) is 0 Å². The summed E-state index contributed by atoms with van der Waals surface area (Å²) in [5.74, 6) is -0.0522. The molecule has 1 N–H and O–H groups in total. The first kappa shape index (κ1) is 11.4. The Balaban J connectivity index is 1.85. The van der Waals surface area contributed by atoms with E-state index in [-0.39, 0.29) is 23.8 Å². The van der Waals surface area contributed by atoms with Crippen LogP contribution in [0.15, 0.2) is 24.3 Å². The third kappa shape index (κ3) is 2.93. The lowest BCUT2D eigenvalue weighted by molar-refractivity contribution is -0.0474. The molecule has 1 heterocycles. The minimum absolute atomic E-state index is 0.0108. The molecule has 1 fully saturated rings. The van der Waals surface area contributed by atoms with Gasteiger partial charge in [-0.3, -0.25) is 0 Å². The van der Waals surface area contributed by atoms with Crippen molar-refractivity contribution in [3.8, 4) is 5.75 Å². The number of ether oxygens (including phenoxy) is 2. The Morgan fingerprint density at radius 1 is 1.44 bits per heavy atom. The number of halogens is 1. The van der Waals surface area contributed by atoms with Gasteiger partial charge in [-0.1, -0.05) is 12.1 Å². The second-order valence-corrected chi connectivity index (χ2v) is 3.97. The van der Waals surface area contributed by atoms with Gasteiger partial charge in [-0.2, -0.15) is 0 Å². The van der Waals surface area contributed by atoms with Crippen molar-refractivity contribution in [2.24, 2.45) is 0 Å². The average Bonchev–Trinajstić information content (AvgIpc) is 2.28. The molecule has 1 aliphatic rings. The summed E-state index contributed by atoms with van der Waals surface area (Å²) in [7, 11) is 0. The molecule has 2 rings (SSSR count). The number of hydrogen-bond acceptors (Lipinski definition) is 3. The molecule has 4 heteroatoms. The van der Waals surface area contributed by atoms with Crippen molar-refractivity contribution in [3.63, 3.8) is 0 Å². The first-order valence-electron chi connectivity index (χ1n) is 5.49. The van der Waals surface area contributed by atoms with Crippen LogP contribution in [0.2, 0.25) is 0 Å². The fraction of sp³-hybridized carbons (Fsp3) is 0.500. The lowest BCUT2D eigenvalue weighted by atomic mass is 10.2. The van der Waals surface area contributed by atoms with Crippen molar-refractivity contribution in [2.45, 2.75) is 19.1 Å². The molecule has 1 aromatic rings.